The summed E-state index contributed by atoms with van der Waals surface area (Å²) in [5.74, 6) is 0.614. The maximum absolute atomic E-state index is 12.9. The van der Waals surface area contributed by atoms with Crippen LogP contribution in [0.25, 0.3) is 11.5 Å². The van der Waals surface area contributed by atoms with Crippen molar-refractivity contribution < 1.29 is 9.21 Å². The lowest BCUT2D eigenvalue weighted by Crippen LogP contribution is -2.38. The van der Waals surface area contributed by atoms with Crippen molar-refractivity contribution in [3.8, 4) is 11.5 Å². The molecule has 0 bridgehead atoms. The van der Waals surface area contributed by atoms with Gasteiger partial charge in [-0.3, -0.25) is 4.79 Å². The van der Waals surface area contributed by atoms with Gasteiger partial charge in [0, 0.05) is 18.2 Å². The maximum atomic E-state index is 12.9. The summed E-state index contributed by atoms with van der Waals surface area (Å²) in [4.78, 5) is 19.3. The van der Waals surface area contributed by atoms with Gasteiger partial charge in [-0.2, -0.15) is 0 Å². The van der Waals surface area contributed by atoms with E-state index in [9.17, 15) is 4.79 Å². The van der Waals surface area contributed by atoms with E-state index in [1.807, 2.05) is 65.6 Å². The van der Waals surface area contributed by atoms with Gasteiger partial charge in [-0.25, -0.2) is 4.98 Å². The lowest BCUT2D eigenvalue weighted by Gasteiger charge is -2.28. The van der Waals surface area contributed by atoms with Crippen LogP contribution in [0, 0.1) is 0 Å². The number of hydrogen-bond donors (Lipinski definition) is 0. The Balaban J connectivity index is 1.72. The highest BCUT2D eigenvalue weighted by Crippen LogP contribution is 2.19. The third kappa shape index (κ3) is 4.39. The second kappa shape index (κ2) is 8.48. The number of oxazole rings is 1. The van der Waals surface area contributed by atoms with Gasteiger partial charge in [-0.15, -0.1) is 0 Å². The van der Waals surface area contributed by atoms with E-state index in [0.29, 0.717) is 18.1 Å². The van der Waals surface area contributed by atoms with Gasteiger partial charge in [0.2, 0.25) is 11.8 Å². The number of aromatic nitrogens is 1. The van der Waals surface area contributed by atoms with Crippen LogP contribution in [0.2, 0.25) is 0 Å². The van der Waals surface area contributed by atoms with Gasteiger partial charge in [0.15, 0.2) is 0 Å². The molecule has 0 spiro atoms. The fraction of sp³-hybridized carbons (Fsp3) is 0.273. The van der Waals surface area contributed by atoms with Gasteiger partial charge in [-0.05, 0) is 31.0 Å². The van der Waals surface area contributed by atoms with E-state index in [0.717, 1.165) is 17.5 Å². The van der Waals surface area contributed by atoms with Crippen LogP contribution in [0.3, 0.4) is 0 Å². The predicted molar refractivity (Wildman–Crippen MR) is 102 cm³/mol. The second-order valence-electron chi connectivity index (χ2n) is 6.45. The van der Waals surface area contributed by atoms with Gasteiger partial charge in [0.1, 0.15) is 6.26 Å². The molecule has 2 aromatic carbocycles. The first-order valence-corrected chi connectivity index (χ1v) is 9.00. The minimum Gasteiger partial charge on any atom is -0.444 e. The first-order valence-electron chi connectivity index (χ1n) is 9.00. The Morgan fingerprint density at radius 3 is 2.38 bits per heavy atom. The third-order valence-electron chi connectivity index (χ3n) is 4.54. The zero-order chi connectivity index (χ0) is 18.4. The van der Waals surface area contributed by atoms with Crippen molar-refractivity contribution in [2.24, 2.45) is 0 Å². The Morgan fingerprint density at radius 2 is 1.73 bits per heavy atom. The van der Waals surface area contributed by atoms with E-state index in [1.54, 1.807) is 6.26 Å². The molecule has 1 unspecified atom stereocenters. The molecule has 0 saturated carbocycles. The summed E-state index contributed by atoms with van der Waals surface area (Å²) in [6.07, 6.45) is 2.73. The second-order valence-corrected chi connectivity index (χ2v) is 6.45. The molecule has 0 N–H and O–H groups in total. The number of hydrogen-bond acceptors (Lipinski definition) is 3. The largest absolute Gasteiger partial charge is 0.444 e. The fourth-order valence-electron chi connectivity index (χ4n) is 2.85. The normalized spacial score (nSPS) is 11.9. The Kier molecular flexibility index (Phi) is 5.84. The van der Waals surface area contributed by atoms with Crippen LogP contribution in [0.1, 0.15) is 31.5 Å². The average molecular weight is 348 g/mol. The molecule has 1 amide bonds. The van der Waals surface area contributed by atoms with E-state index < -0.39 is 0 Å². The first kappa shape index (κ1) is 17.9. The minimum absolute atomic E-state index is 0.0658. The van der Waals surface area contributed by atoms with E-state index in [-0.39, 0.29) is 18.4 Å². The van der Waals surface area contributed by atoms with Gasteiger partial charge in [-0.1, -0.05) is 55.5 Å². The van der Waals surface area contributed by atoms with E-state index in [2.05, 4.69) is 18.8 Å². The summed E-state index contributed by atoms with van der Waals surface area (Å²) in [6, 6.07) is 20.0. The van der Waals surface area contributed by atoms with E-state index >= 15 is 0 Å². The van der Waals surface area contributed by atoms with Crippen molar-refractivity contribution in [3.63, 3.8) is 0 Å². The summed E-state index contributed by atoms with van der Waals surface area (Å²) in [5, 5.41) is 0. The van der Waals surface area contributed by atoms with Gasteiger partial charge >= 0.3 is 0 Å². The molecule has 134 valence electrons. The number of amides is 1. The highest BCUT2D eigenvalue weighted by molar-refractivity contribution is 5.78. The molecule has 0 saturated heterocycles. The lowest BCUT2D eigenvalue weighted by atomic mass is 10.1. The molecule has 0 radical (unpaired) electrons. The Labute approximate surface area is 154 Å². The monoisotopic (exact) mass is 348 g/mol. The number of carbonyl (C=O) groups excluding carboxylic acids is 1. The molecule has 0 aliphatic carbocycles. The number of carbonyl (C=O) groups is 1. The molecule has 3 aromatic rings. The topological polar surface area (TPSA) is 46.3 Å². The Hall–Kier alpha value is -2.88. The van der Waals surface area contributed by atoms with E-state index in [1.165, 1.54) is 0 Å². The van der Waals surface area contributed by atoms with Gasteiger partial charge in [0.05, 0.1) is 12.1 Å². The zero-order valence-corrected chi connectivity index (χ0v) is 15.3. The van der Waals surface area contributed by atoms with Crippen molar-refractivity contribution in [1.82, 2.24) is 9.88 Å². The molecule has 3 rings (SSSR count). The quantitative estimate of drug-likeness (QED) is 0.621. The molecule has 1 aromatic heterocycles. The van der Waals surface area contributed by atoms with E-state index in [4.69, 9.17) is 4.42 Å². The van der Waals surface area contributed by atoms with Crippen LogP contribution in [-0.4, -0.2) is 21.8 Å². The molecule has 1 atom stereocenters. The van der Waals surface area contributed by atoms with Crippen molar-refractivity contribution in [3.05, 3.63) is 78.2 Å². The van der Waals surface area contributed by atoms with Gasteiger partial charge < -0.3 is 9.32 Å². The third-order valence-corrected chi connectivity index (χ3v) is 4.54. The summed E-state index contributed by atoms with van der Waals surface area (Å²) in [5.41, 5.74) is 2.70. The molecular weight excluding hydrogens is 324 g/mol. The number of benzene rings is 2. The van der Waals surface area contributed by atoms with Crippen LogP contribution in [0.4, 0.5) is 0 Å². The highest BCUT2D eigenvalue weighted by atomic mass is 16.3. The Morgan fingerprint density at radius 1 is 1.08 bits per heavy atom. The minimum atomic E-state index is 0.0658. The van der Waals surface area contributed by atoms with Gasteiger partial charge in [0.25, 0.3) is 0 Å². The molecule has 4 nitrogen and oxygen atoms in total. The van der Waals surface area contributed by atoms with Crippen molar-refractivity contribution in [2.75, 3.05) is 0 Å². The predicted octanol–water partition coefficient (Wildman–Crippen LogP) is 4.71. The first-order chi connectivity index (χ1) is 12.7. The fourth-order valence-corrected chi connectivity index (χ4v) is 2.85. The van der Waals surface area contributed by atoms with Crippen molar-refractivity contribution in [1.29, 1.82) is 0 Å². The molecule has 0 aliphatic rings. The summed E-state index contributed by atoms with van der Waals surface area (Å²) >= 11 is 0. The number of nitrogens with zero attached hydrogens (tertiary/aromatic N) is 2. The maximum Gasteiger partial charge on any atom is 0.229 e. The summed E-state index contributed by atoms with van der Waals surface area (Å²) in [7, 11) is 0. The van der Waals surface area contributed by atoms with Crippen LogP contribution in [-0.2, 0) is 17.8 Å². The zero-order valence-electron chi connectivity index (χ0n) is 15.3. The van der Waals surface area contributed by atoms with Crippen LogP contribution < -0.4 is 0 Å². The molecule has 4 heteroatoms. The van der Waals surface area contributed by atoms with Crippen LogP contribution in [0.5, 0.6) is 0 Å². The molecule has 1 heterocycles. The molecule has 0 fully saturated rings. The summed E-state index contributed by atoms with van der Waals surface area (Å²) < 4.78 is 5.55. The highest BCUT2D eigenvalue weighted by Gasteiger charge is 2.21. The number of rotatable bonds is 7. The lowest BCUT2D eigenvalue weighted by molar-refractivity contribution is -0.133. The summed E-state index contributed by atoms with van der Waals surface area (Å²) in [6.45, 7) is 4.79. The molecular formula is C22H24N2O2. The van der Waals surface area contributed by atoms with Crippen LogP contribution in [0.15, 0.2) is 71.3 Å². The average Bonchev–Trinajstić information content (AvgIpc) is 3.15. The standard InChI is InChI=1S/C22H24N2O2/c1-3-17(2)24(15-18-10-6-4-7-11-18)21(25)14-20-16-26-22(23-20)19-12-8-5-9-13-19/h4-13,16-17H,3,14-15H2,1-2H3. The smallest absolute Gasteiger partial charge is 0.229 e. The molecule has 26 heavy (non-hydrogen) atoms. The molecule has 0 aliphatic heterocycles. The van der Waals surface area contributed by atoms with Crippen LogP contribution >= 0.6 is 0 Å². The van der Waals surface area contributed by atoms with Crippen molar-refractivity contribution in [2.45, 2.75) is 39.3 Å². The Bertz CT molecular complexity index is 828. The van der Waals surface area contributed by atoms with Crippen molar-refractivity contribution >= 4 is 5.91 Å². The SMILES string of the molecule is CCC(C)N(Cc1ccccc1)C(=O)Cc1coc(-c2ccccc2)n1.